The number of amidine groups is 1. The summed E-state index contributed by atoms with van der Waals surface area (Å²) in [6.45, 7) is 0.372. The Labute approximate surface area is 80.5 Å². The Kier molecular flexibility index (Phi) is 5.23. The van der Waals surface area contributed by atoms with Crippen LogP contribution in [0.25, 0.3) is 0 Å². The van der Waals surface area contributed by atoms with Crippen molar-refractivity contribution in [3.63, 3.8) is 0 Å². The number of anilines is 1. The zero-order valence-electron chi connectivity index (χ0n) is 6.23. The lowest BCUT2D eigenvalue weighted by molar-refractivity contribution is 0.317. The summed E-state index contributed by atoms with van der Waals surface area (Å²) >= 11 is 1.57. The van der Waals surface area contributed by atoms with Gasteiger partial charge in [0.05, 0.1) is 11.5 Å². The summed E-state index contributed by atoms with van der Waals surface area (Å²) in [6, 6.07) is 3.86. The predicted molar refractivity (Wildman–Crippen MR) is 53.5 cm³/mol. The number of nitrogens with two attached hydrogens (primary N) is 1. The third-order valence-electron chi connectivity index (χ3n) is 1.09. The highest BCUT2D eigenvalue weighted by Gasteiger charge is 1.93. The van der Waals surface area contributed by atoms with Gasteiger partial charge in [-0.2, -0.15) is 0 Å². The van der Waals surface area contributed by atoms with Gasteiger partial charge < -0.3 is 16.3 Å². The van der Waals surface area contributed by atoms with Gasteiger partial charge in [-0.25, -0.2) is 0 Å². The van der Waals surface area contributed by atoms with E-state index in [4.69, 9.17) is 10.9 Å². The van der Waals surface area contributed by atoms with Crippen LogP contribution in [-0.2, 0) is 0 Å². The summed E-state index contributed by atoms with van der Waals surface area (Å²) in [5.41, 5.74) is 5.23. The molecular weight excluding hydrogens is 198 g/mol. The standard InChI is InChI=1S/C6H9N3OS.ClH/c7-5(9-10)4-8-6-2-1-3-11-6;/h1-3,8,10H,4H2,(H2,7,9);1H. The third-order valence-corrected chi connectivity index (χ3v) is 1.92. The van der Waals surface area contributed by atoms with Crippen LogP contribution in [0.15, 0.2) is 22.7 Å². The first-order valence-electron chi connectivity index (χ1n) is 3.06. The Morgan fingerprint density at radius 3 is 3.00 bits per heavy atom. The largest absolute Gasteiger partial charge is 0.409 e. The molecule has 4 nitrogen and oxygen atoms in total. The van der Waals surface area contributed by atoms with Gasteiger partial charge in [0.25, 0.3) is 0 Å². The van der Waals surface area contributed by atoms with Gasteiger partial charge in [-0.3, -0.25) is 0 Å². The summed E-state index contributed by atoms with van der Waals surface area (Å²) in [6.07, 6.45) is 0. The lowest BCUT2D eigenvalue weighted by Crippen LogP contribution is -2.22. The Morgan fingerprint density at radius 2 is 2.50 bits per heavy atom. The van der Waals surface area contributed by atoms with E-state index in [1.165, 1.54) is 0 Å². The quantitative estimate of drug-likeness (QED) is 0.303. The molecule has 0 bridgehead atoms. The molecule has 0 spiro atoms. The Morgan fingerprint density at radius 1 is 1.75 bits per heavy atom. The first-order chi connectivity index (χ1) is 5.33. The maximum absolute atomic E-state index is 8.19. The molecule has 12 heavy (non-hydrogen) atoms. The highest BCUT2D eigenvalue weighted by Crippen LogP contribution is 2.13. The molecule has 0 saturated carbocycles. The van der Waals surface area contributed by atoms with Crippen molar-refractivity contribution in [3.05, 3.63) is 17.5 Å². The molecule has 0 saturated heterocycles. The summed E-state index contributed by atoms with van der Waals surface area (Å²) in [7, 11) is 0. The molecule has 1 rings (SSSR count). The first-order valence-corrected chi connectivity index (χ1v) is 3.94. The summed E-state index contributed by atoms with van der Waals surface area (Å²) in [4.78, 5) is 0. The van der Waals surface area contributed by atoms with Crippen LogP contribution in [0, 0.1) is 0 Å². The minimum absolute atomic E-state index is 0. The van der Waals surface area contributed by atoms with Crippen molar-refractivity contribution in [3.8, 4) is 0 Å². The van der Waals surface area contributed by atoms with Gasteiger partial charge in [0, 0.05) is 0 Å². The second kappa shape index (κ2) is 5.68. The highest BCUT2D eigenvalue weighted by molar-refractivity contribution is 7.14. The lowest BCUT2D eigenvalue weighted by atomic mass is 10.5. The zero-order valence-corrected chi connectivity index (χ0v) is 7.86. The molecule has 0 amide bonds. The monoisotopic (exact) mass is 207 g/mol. The first kappa shape index (κ1) is 11.1. The molecule has 0 aromatic carbocycles. The average Bonchev–Trinajstić information content (AvgIpc) is 2.52. The van der Waals surface area contributed by atoms with Crippen molar-refractivity contribution in [1.82, 2.24) is 0 Å². The van der Waals surface area contributed by atoms with Crippen LogP contribution in [0.1, 0.15) is 0 Å². The molecule has 6 heteroatoms. The van der Waals surface area contributed by atoms with E-state index in [1.54, 1.807) is 11.3 Å². The van der Waals surface area contributed by atoms with Crippen LogP contribution in [0.4, 0.5) is 5.00 Å². The molecule has 0 aliphatic heterocycles. The third kappa shape index (κ3) is 3.45. The summed E-state index contributed by atoms with van der Waals surface area (Å²) in [5, 5.41) is 17.0. The van der Waals surface area contributed by atoms with E-state index in [0.29, 0.717) is 6.54 Å². The molecule has 1 aromatic heterocycles. The van der Waals surface area contributed by atoms with E-state index in [2.05, 4.69) is 10.5 Å². The van der Waals surface area contributed by atoms with Crippen LogP contribution in [-0.4, -0.2) is 17.6 Å². The summed E-state index contributed by atoms with van der Waals surface area (Å²) in [5.74, 6) is 0.179. The average molecular weight is 208 g/mol. The van der Waals surface area contributed by atoms with Gasteiger partial charge in [-0.05, 0) is 17.5 Å². The smallest absolute Gasteiger partial charge is 0.158 e. The number of oxime groups is 1. The molecule has 1 heterocycles. The predicted octanol–water partition coefficient (Wildman–Crippen LogP) is 1.33. The lowest BCUT2D eigenvalue weighted by Gasteiger charge is -1.99. The van der Waals surface area contributed by atoms with Crippen LogP contribution in [0.3, 0.4) is 0 Å². The molecule has 68 valence electrons. The number of hydrogen-bond donors (Lipinski definition) is 3. The number of thiophene rings is 1. The fourth-order valence-electron chi connectivity index (χ4n) is 0.592. The van der Waals surface area contributed by atoms with Crippen LogP contribution in [0.2, 0.25) is 0 Å². The SMILES string of the molecule is Cl.NC(CNc1cccs1)=NO. The van der Waals surface area contributed by atoms with Gasteiger partial charge in [0.15, 0.2) is 5.84 Å². The van der Waals surface area contributed by atoms with Crippen LogP contribution < -0.4 is 11.1 Å². The summed E-state index contributed by atoms with van der Waals surface area (Å²) < 4.78 is 0. The van der Waals surface area contributed by atoms with Crippen molar-refractivity contribution >= 4 is 34.6 Å². The zero-order chi connectivity index (χ0) is 8.10. The van der Waals surface area contributed by atoms with Gasteiger partial charge >= 0.3 is 0 Å². The van der Waals surface area contributed by atoms with Crippen molar-refractivity contribution in [2.75, 3.05) is 11.9 Å². The fraction of sp³-hybridized carbons (Fsp3) is 0.167. The van der Waals surface area contributed by atoms with Gasteiger partial charge in [0.2, 0.25) is 0 Å². The molecule has 0 radical (unpaired) electrons. The number of rotatable bonds is 3. The van der Waals surface area contributed by atoms with Crippen molar-refractivity contribution in [2.45, 2.75) is 0 Å². The number of nitrogens with zero attached hydrogens (tertiary/aromatic N) is 1. The Balaban J connectivity index is 0.00000121. The minimum atomic E-state index is 0. The molecule has 1 aromatic rings. The Bertz CT molecular complexity index is 237. The van der Waals surface area contributed by atoms with E-state index in [0.717, 1.165) is 5.00 Å². The molecule has 0 unspecified atom stereocenters. The van der Waals surface area contributed by atoms with Gasteiger partial charge in [-0.15, -0.1) is 23.7 Å². The molecule has 0 aliphatic rings. The molecule has 0 atom stereocenters. The number of nitrogens with one attached hydrogen (secondary N) is 1. The molecule has 0 fully saturated rings. The van der Waals surface area contributed by atoms with Crippen LogP contribution in [0.5, 0.6) is 0 Å². The van der Waals surface area contributed by atoms with E-state index in [1.807, 2.05) is 17.5 Å². The molecule has 0 aliphatic carbocycles. The van der Waals surface area contributed by atoms with E-state index in [9.17, 15) is 0 Å². The molecule has 4 N–H and O–H groups in total. The second-order valence-corrected chi connectivity index (χ2v) is 2.87. The number of halogens is 1. The van der Waals surface area contributed by atoms with Crippen molar-refractivity contribution < 1.29 is 5.21 Å². The van der Waals surface area contributed by atoms with Crippen molar-refractivity contribution in [1.29, 1.82) is 0 Å². The topological polar surface area (TPSA) is 70.6 Å². The van der Waals surface area contributed by atoms with Gasteiger partial charge in [0.1, 0.15) is 0 Å². The van der Waals surface area contributed by atoms with E-state index in [-0.39, 0.29) is 18.2 Å². The van der Waals surface area contributed by atoms with Crippen LogP contribution >= 0.6 is 23.7 Å². The fourth-order valence-corrected chi connectivity index (χ4v) is 1.21. The number of hydrogen-bond acceptors (Lipinski definition) is 4. The molecular formula is C6H10ClN3OS. The highest BCUT2D eigenvalue weighted by atomic mass is 35.5. The second-order valence-electron chi connectivity index (χ2n) is 1.92. The van der Waals surface area contributed by atoms with E-state index >= 15 is 0 Å². The van der Waals surface area contributed by atoms with Crippen molar-refractivity contribution in [2.24, 2.45) is 10.9 Å². The maximum atomic E-state index is 8.19. The Hall–Kier alpha value is -0.940. The normalized spacial score (nSPS) is 10.5. The maximum Gasteiger partial charge on any atom is 0.158 e. The van der Waals surface area contributed by atoms with Gasteiger partial charge in [-0.1, -0.05) is 5.16 Å². The minimum Gasteiger partial charge on any atom is -0.409 e. The van der Waals surface area contributed by atoms with E-state index < -0.39 is 0 Å².